The zero-order chi connectivity index (χ0) is 13.0. The minimum atomic E-state index is 0.00354. The zero-order valence-electron chi connectivity index (χ0n) is 11.2. The maximum absolute atomic E-state index is 12.3. The minimum Gasteiger partial charge on any atom is -0.337 e. The number of nitrogens with one attached hydrogen (secondary N) is 1. The SMILES string of the molecule is CCNC1CCCN(C(C)Cn2cccn2)C1=O. The standard InChI is InChI=1S/C13H22N4O/c1-3-14-12-6-4-9-17(13(12)18)11(2)10-16-8-5-7-15-16/h5,7-8,11-12,14H,3-4,6,9-10H2,1-2H3. The number of carbonyl (C=O) groups excluding carboxylic acids is 1. The van der Waals surface area contributed by atoms with Crippen molar-refractivity contribution in [2.75, 3.05) is 13.1 Å². The van der Waals surface area contributed by atoms with Gasteiger partial charge < -0.3 is 10.2 Å². The molecule has 1 aromatic heterocycles. The van der Waals surface area contributed by atoms with Crippen LogP contribution in [0.1, 0.15) is 26.7 Å². The first-order valence-electron chi connectivity index (χ1n) is 6.73. The molecule has 5 heteroatoms. The summed E-state index contributed by atoms with van der Waals surface area (Å²) >= 11 is 0. The van der Waals surface area contributed by atoms with Gasteiger partial charge in [-0.1, -0.05) is 6.92 Å². The smallest absolute Gasteiger partial charge is 0.240 e. The summed E-state index contributed by atoms with van der Waals surface area (Å²) in [5.74, 6) is 0.239. The average molecular weight is 250 g/mol. The molecule has 1 aliphatic heterocycles. The molecule has 0 saturated carbocycles. The third kappa shape index (κ3) is 2.90. The molecule has 18 heavy (non-hydrogen) atoms. The Kier molecular flexibility index (Phi) is 4.36. The van der Waals surface area contributed by atoms with Crippen LogP contribution in [0.4, 0.5) is 0 Å². The fraction of sp³-hybridized carbons (Fsp3) is 0.692. The van der Waals surface area contributed by atoms with Gasteiger partial charge in [-0.15, -0.1) is 0 Å². The van der Waals surface area contributed by atoms with Crippen LogP contribution in [0.2, 0.25) is 0 Å². The van der Waals surface area contributed by atoms with E-state index in [0.717, 1.165) is 32.5 Å². The van der Waals surface area contributed by atoms with E-state index in [2.05, 4.69) is 17.3 Å². The third-order valence-corrected chi connectivity index (χ3v) is 3.47. The monoisotopic (exact) mass is 250 g/mol. The van der Waals surface area contributed by atoms with Crippen molar-refractivity contribution < 1.29 is 4.79 Å². The Morgan fingerprint density at radius 2 is 2.44 bits per heavy atom. The second-order valence-corrected chi connectivity index (χ2v) is 4.86. The van der Waals surface area contributed by atoms with Crippen molar-refractivity contribution in [1.29, 1.82) is 0 Å². The van der Waals surface area contributed by atoms with E-state index in [4.69, 9.17) is 0 Å². The van der Waals surface area contributed by atoms with E-state index in [-0.39, 0.29) is 18.0 Å². The maximum Gasteiger partial charge on any atom is 0.240 e. The molecule has 0 spiro atoms. The summed E-state index contributed by atoms with van der Waals surface area (Å²) in [6.45, 7) is 6.60. The number of carbonyl (C=O) groups is 1. The van der Waals surface area contributed by atoms with E-state index < -0.39 is 0 Å². The second kappa shape index (κ2) is 6.00. The van der Waals surface area contributed by atoms with Gasteiger partial charge in [0.15, 0.2) is 0 Å². The number of rotatable bonds is 5. The first kappa shape index (κ1) is 13.1. The van der Waals surface area contributed by atoms with Crippen molar-refractivity contribution in [2.45, 2.75) is 45.3 Å². The van der Waals surface area contributed by atoms with E-state index in [1.807, 2.05) is 28.8 Å². The Morgan fingerprint density at radius 3 is 3.11 bits per heavy atom. The summed E-state index contributed by atoms with van der Waals surface area (Å²) in [5.41, 5.74) is 0. The average Bonchev–Trinajstić information content (AvgIpc) is 2.85. The molecule has 0 bridgehead atoms. The van der Waals surface area contributed by atoms with Gasteiger partial charge in [0.05, 0.1) is 12.6 Å². The van der Waals surface area contributed by atoms with E-state index >= 15 is 0 Å². The van der Waals surface area contributed by atoms with Gasteiger partial charge in [-0.3, -0.25) is 9.48 Å². The molecule has 1 N–H and O–H groups in total. The van der Waals surface area contributed by atoms with Crippen molar-refractivity contribution in [3.63, 3.8) is 0 Å². The van der Waals surface area contributed by atoms with Gasteiger partial charge >= 0.3 is 0 Å². The zero-order valence-corrected chi connectivity index (χ0v) is 11.2. The van der Waals surface area contributed by atoms with Crippen LogP contribution in [0.25, 0.3) is 0 Å². The van der Waals surface area contributed by atoms with Gasteiger partial charge in [0.25, 0.3) is 0 Å². The van der Waals surface area contributed by atoms with Gasteiger partial charge in [-0.05, 0) is 32.4 Å². The lowest BCUT2D eigenvalue weighted by atomic mass is 10.0. The van der Waals surface area contributed by atoms with Gasteiger partial charge in [-0.25, -0.2) is 0 Å². The quantitative estimate of drug-likeness (QED) is 0.843. The predicted octanol–water partition coefficient (Wildman–Crippen LogP) is 0.872. The summed E-state index contributed by atoms with van der Waals surface area (Å²) in [4.78, 5) is 14.3. The van der Waals surface area contributed by atoms with Crippen LogP contribution in [-0.2, 0) is 11.3 Å². The highest BCUT2D eigenvalue weighted by molar-refractivity contribution is 5.82. The molecule has 2 atom stereocenters. The molecule has 1 amide bonds. The summed E-state index contributed by atoms with van der Waals surface area (Å²) < 4.78 is 1.88. The highest BCUT2D eigenvalue weighted by Gasteiger charge is 2.30. The van der Waals surface area contributed by atoms with Crippen molar-refractivity contribution in [2.24, 2.45) is 0 Å². The van der Waals surface area contributed by atoms with Crippen LogP contribution in [0.15, 0.2) is 18.5 Å². The largest absolute Gasteiger partial charge is 0.337 e. The van der Waals surface area contributed by atoms with Gasteiger partial charge in [-0.2, -0.15) is 5.10 Å². The Bertz CT molecular complexity index is 374. The molecular formula is C13H22N4O. The lowest BCUT2D eigenvalue weighted by molar-refractivity contribution is -0.138. The number of likely N-dealkylation sites (tertiary alicyclic amines) is 1. The van der Waals surface area contributed by atoms with E-state index in [0.29, 0.717) is 0 Å². The minimum absolute atomic E-state index is 0.00354. The molecule has 0 aromatic carbocycles. The Hall–Kier alpha value is -1.36. The number of aromatic nitrogens is 2. The van der Waals surface area contributed by atoms with Crippen LogP contribution >= 0.6 is 0 Å². The van der Waals surface area contributed by atoms with E-state index in [1.54, 1.807) is 6.20 Å². The molecule has 2 rings (SSSR count). The molecule has 1 fully saturated rings. The number of amides is 1. The molecule has 100 valence electrons. The van der Waals surface area contributed by atoms with Gasteiger partial charge in [0.2, 0.25) is 5.91 Å². The summed E-state index contributed by atoms with van der Waals surface area (Å²) in [5, 5.41) is 7.46. The molecule has 2 heterocycles. The van der Waals surface area contributed by atoms with E-state index in [1.165, 1.54) is 0 Å². The van der Waals surface area contributed by atoms with Crippen molar-refractivity contribution in [3.05, 3.63) is 18.5 Å². The van der Waals surface area contributed by atoms with Crippen molar-refractivity contribution in [3.8, 4) is 0 Å². The molecule has 2 unspecified atom stereocenters. The van der Waals surface area contributed by atoms with Crippen LogP contribution in [0, 0.1) is 0 Å². The Balaban J connectivity index is 1.96. The normalized spacial score (nSPS) is 22.2. The molecule has 1 saturated heterocycles. The van der Waals surface area contributed by atoms with Crippen LogP contribution in [0.3, 0.4) is 0 Å². The van der Waals surface area contributed by atoms with Gasteiger partial charge in [0.1, 0.15) is 0 Å². The molecule has 1 aromatic rings. The predicted molar refractivity (Wildman–Crippen MR) is 70.1 cm³/mol. The highest BCUT2D eigenvalue weighted by atomic mass is 16.2. The lowest BCUT2D eigenvalue weighted by Gasteiger charge is -2.36. The summed E-state index contributed by atoms with van der Waals surface area (Å²) in [6.07, 6.45) is 5.74. The number of hydrogen-bond acceptors (Lipinski definition) is 3. The Morgan fingerprint density at radius 1 is 1.61 bits per heavy atom. The number of hydrogen-bond donors (Lipinski definition) is 1. The van der Waals surface area contributed by atoms with Crippen LogP contribution < -0.4 is 5.32 Å². The number of likely N-dealkylation sites (N-methyl/N-ethyl adjacent to an activating group) is 1. The highest BCUT2D eigenvalue weighted by Crippen LogP contribution is 2.15. The fourth-order valence-electron chi connectivity index (χ4n) is 2.55. The summed E-state index contributed by atoms with van der Waals surface area (Å²) in [6, 6.07) is 2.11. The molecule has 0 aliphatic carbocycles. The first-order valence-corrected chi connectivity index (χ1v) is 6.73. The topological polar surface area (TPSA) is 50.2 Å². The molecule has 5 nitrogen and oxygen atoms in total. The lowest BCUT2D eigenvalue weighted by Crippen LogP contribution is -2.54. The summed E-state index contributed by atoms with van der Waals surface area (Å²) in [7, 11) is 0. The maximum atomic E-state index is 12.3. The van der Waals surface area contributed by atoms with E-state index in [9.17, 15) is 4.79 Å². The second-order valence-electron chi connectivity index (χ2n) is 4.86. The van der Waals surface area contributed by atoms with Crippen molar-refractivity contribution in [1.82, 2.24) is 20.0 Å². The number of nitrogens with zero attached hydrogens (tertiary/aromatic N) is 3. The van der Waals surface area contributed by atoms with Gasteiger partial charge in [0, 0.05) is 25.0 Å². The molecule has 0 radical (unpaired) electrons. The van der Waals surface area contributed by atoms with Crippen LogP contribution in [0.5, 0.6) is 0 Å². The Labute approximate surface area is 108 Å². The molecular weight excluding hydrogens is 228 g/mol. The third-order valence-electron chi connectivity index (χ3n) is 3.47. The number of piperidine rings is 1. The van der Waals surface area contributed by atoms with Crippen LogP contribution in [-0.4, -0.2) is 45.8 Å². The molecule has 1 aliphatic rings. The first-order chi connectivity index (χ1) is 8.72. The van der Waals surface area contributed by atoms with Crippen molar-refractivity contribution >= 4 is 5.91 Å². The fourth-order valence-corrected chi connectivity index (χ4v) is 2.55.